The minimum absolute atomic E-state index is 0.312. The van der Waals surface area contributed by atoms with Crippen molar-refractivity contribution in [3.8, 4) is 0 Å². The predicted octanol–water partition coefficient (Wildman–Crippen LogP) is 5.32. The minimum Gasteiger partial charge on any atom is -0.274 e. The zero-order chi connectivity index (χ0) is 17.1. The molecule has 1 heterocycles. The van der Waals surface area contributed by atoms with Gasteiger partial charge < -0.3 is 0 Å². The van der Waals surface area contributed by atoms with Gasteiger partial charge in [0.25, 0.3) is 5.24 Å². The second-order valence-corrected chi connectivity index (χ2v) is 6.20. The van der Waals surface area contributed by atoms with Crippen LogP contribution in [0.4, 0.5) is 0 Å². The SMILES string of the molecule is C/C(=C\c1ccccc1)c1c(C)c(C(=O)Cl)nn1C1=CCCC=C1. The first-order chi connectivity index (χ1) is 11.6. The van der Waals surface area contributed by atoms with E-state index in [4.69, 9.17) is 11.6 Å². The van der Waals surface area contributed by atoms with Crippen molar-refractivity contribution in [2.75, 3.05) is 0 Å². The van der Waals surface area contributed by atoms with Gasteiger partial charge in [0.1, 0.15) is 5.69 Å². The summed E-state index contributed by atoms with van der Waals surface area (Å²) in [6, 6.07) is 10.1. The van der Waals surface area contributed by atoms with Crippen LogP contribution in [0.25, 0.3) is 17.3 Å². The van der Waals surface area contributed by atoms with Gasteiger partial charge in [-0.1, -0.05) is 42.5 Å². The summed E-state index contributed by atoms with van der Waals surface area (Å²) >= 11 is 5.73. The number of nitrogens with zero attached hydrogens (tertiary/aromatic N) is 2. The summed E-state index contributed by atoms with van der Waals surface area (Å²) in [5.41, 5.74) is 5.15. The lowest BCUT2D eigenvalue weighted by Crippen LogP contribution is -2.04. The Labute approximate surface area is 147 Å². The number of carbonyl (C=O) groups is 1. The van der Waals surface area contributed by atoms with E-state index in [1.54, 1.807) is 0 Å². The molecule has 1 aromatic carbocycles. The second-order valence-electron chi connectivity index (χ2n) is 5.85. The van der Waals surface area contributed by atoms with E-state index in [0.717, 1.165) is 40.9 Å². The molecule has 0 spiro atoms. The van der Waals surface area contributed by atoms with E-state index in [-0.39, 0.29) is 0 Å². The highest BCUT2D eigenvalue weighted by molar-refractivity contribution is 6.67. The lowest BCUT2D eigenvalue weighted by atomic mass is 10.0. The summed E-state index contributed by atoms with van der Waals surface area (Å²) in [6.45, 7) is 3.92. The third-order valence-electron chi connectivity index (χ3n) is 4.08. The molecule has 0 saturated carbocycles. The molecule has 1 aliphatic carbocycles. The number of benzene rings is 1. The molecule has 0 radical (unpaired) electrons. The van der Waals surface area contributed by atoms with Gasteiger partial charge >= 0.3 is 0 Å². The van der Waals surface area contributed by atoms with Crippen LogP contribution < -0.4 is 0 Å². The fourth-order valence-corrected chi connectivity index (χ4v) is 3.14. The quantitative estimate of drug-likeness (QED) is 0.707. The van der Waals surface area contributed by atoms with Crippen LogP contribution in [0.1, 0.15) is 47.1 Å². The normalized spacial score (nSPS) is 14.6. The molecular formula is C20H19ClN2O. The van der Waals surface area contributed by atoms with Crippen LogP contribution in [0.2, 0.25) is 0 Å². The van der Waals surface area contributed by atoms with Crippen molar-refractivity contribution in [1.82, 2.24) is 9.78 Å². The Balaban J connectivity index is 2.15. The molecule has 0 fully saturated rings. The number of carbonyl (C=O) groups excluding carboxylic acids is 1. The van der Waals surface area contributed by atoms with Crippen molar-refractivity contribution >= 4 is 34.2 Å². The highest BCUT2D eigenvalue weighted by atomic mass is 35.5. The van der Waals surface area contributed by atoms with Crippen molar-refractivity contribution in [3.63, 3.8) is 0 Å². The number of rotatable bonds is 4. The summed E-state index contributed by atoms with van der Waals surface area (Å²) in [4.78, 5) is 11.7. The maximum Gasteiger partial charge on any atom is 0.273 e. The Morgan fingerprint density at radius 2 is 2.00 bits per heavy atom. The first kappa shape index (κ1) is 16.5. The molecule has 3 nitrogen and oxygen atoms in total. The largest absolute Gasteiger partial charge is 0.274 e. The molecule has 1 aliphatic rings. The van der Waals surface area contributed by atoms with E-state index in [1.807, 2.05) is 54.9 Å². The highest BCUT2D eigenvalue weighted by Crippen LogP contribution is 2.28. The van der Waals surface area contributed by atoms with Gasteiger partial charge in [-0.05, 0) is 61.6 Å². The Hall–Kier alpha value is -2.39. The second kappa shape index (κ2) is 7.02. The average molecular weight is 339 g/mol. The van der Waals surface area contributed by atoms with E-state index in [9.17, 15) is 4.79 Å². The topological polar surface area (TPSA) is 34.9 Å². The van der Waals surface area contributed by atoms with Crippen molar-refractivity contribution in [1.29, 1.82) is 0 Å². The van der Waals surface area contributed by atoms with Crippen LogP contribution in [0.5, 0.6) is 0 Å². The molecule has 0 amide bonds. The Morgan fingerprint density at radius 1 is 1.25 bits per heavy atom. The fourth-order valence-electron chi connectivity index (χ4n) is 2.96. The number of allylic oxidation sites excluding steroid dienone is 5. The molecule has 4 heteroatoms. The van der Waals surface area contributed by atoms with Crippen LogP contribution in [0.15, 0.2) is 48.6 Å². The molecule has 24 heavy (non-hydrogen) atoms. The molecule has 2 aromatic rings. The van der Waals surface area contributed by atoms with Crippen molar-refractivity contribution in [3.05, 3.63) is 71.1 Å². The zero-order valence-electron chi connectivity index (χ0n) is 13.8. The summed E-state index contributed by atoms with van der Waals surface area (Å²) < 4.78 is 1.83. The summed E-state index contributed by atoms with van der Waals surface area (Å²) in [5, 5.41) is 3.94. The third-order valence-corrected chi connectivity index (χ3v) is 4.26. The smallest absolute Gasteiger partial charge is 0.273 e. The molecule has 122 valence electrons. The van der Waals surface area contributed by atoms with Crippen LogP contribution in [-0.4, -0.2) is 15.0 Å². The molecule has 0 bridgehead atoms. The molecule has 3 rings (SSSR count). The third kappa shape index (κ3) is 3.26. The van der Waals surface area contributed by atoms with Crippen LogP contribution >= 0.6 is 11.6 Å². The number of halogens is 1. The van der Waals surface area contributed by atoms with Gasteiger partial charge in [-0.15, -0.1) is 0 Å². The van der Waals surface area contributed by atoms with E-state index >= 15 is 0 Å². The summed E-state index contributed by atoms with van der Waals surface area (Å²) in [5.74, 6) is 0. The van der Waals surface area contributed by atoms with E-state index in [1.165, 1.54) is 0 Å². The predicted molar refractivity (Wildman–Crippen MR) is 99.8 cm³/mol. The fraction of sp³-hybridized carbons (Fsp3) is 0.200. The lowest BCUT2D eigenvalue weighted by Gasteiger charge is -2.12. The van der Waals surface area contributed by atoms with Gasteiger partial charge in [0.15, 0.2) is 0 Å². The Morgan fingerprint density at radius 3 is 2.62 bits per heavy atom. The minimum atomic E-state index is -0.527. The molecule has 0 atom stereocenters. The van der Waals surface area contributed by atoms with E-state index in [2.05, 4.69) is 23.3 Å². The molecule has 0 saturated heterocycles. The summed E-state index contributed by atoms with van der Waals surface area (Å²) in [7, 11) is 0. The molecule has 0 unspecified atom stereocenters. The maximum atomic E-state index is 11.7. The van der Waals surface area contributed by atoms with Crippen molar-refractivity contribution < 1.29 is 4.79 Å². The van der Waals surface area contributed by atoms with Crippen molar-refractivity contribution in [2.24, 2.45) is 0 Å². The molecule has 0 aliphatic heterocycles. The molecule has 1 aromatic heterocycles. The monoisotopic (exact) mass is 338 g/mol. The average Bonchev–Trinajstić information content (AvgIpc) is 2.94. The number of hydrogen-bond donors (Lipinski definition) is 0. The highest BCUT2D eigenvalue weighted by Gasteiger charge is 2.21. The maximum absolute atomic E-state index is 11.7. The standard InChI is InChI=1S/C20H19ClN2O/c1-14(13-16-9-5-3-6-10-16)19-15(2)18(20(21)24)22-23(19)17-11-7-4-8-12-17/h3,5-7,9-13H,4,8H2,1-2H3/b14-13+. The first-order valence-corrected chi connectivity index (χ1v) is 8.36. The Kier molecular flexibility index (Phi) is 4.81. The van der Waals surface area contributed by atoms with Crippen LogP contribution in [0.3, 0.4) is 0 Å². The van der Waals surface area contributed by atoms with Crippen LogP contribution in [0, 0.1) is 6.92 Å². The van der Waals surface area contributed by atoms with Gasteiger partial charge in [-0.25, -0.2) is 4.68 Å². The van der Waals surface area contributed by atoms with Gasteiger partial charge in [0.2, 0.25) is 0 Å². The Bertz CT molecular complexity index is 857. The van der Waals surface area contributed by atoms with Gasteiger partial charge in [0.05, 0.1) is 11.4 Å². The first-order valence-electron chi connectivity index (χ1n) is 7.98. The number of hydrogen-bond acceptors (Lipinski definition) is 2. The summed E-state index contributed by atoms with van der Waals surface area (Å²) in [6.07, 6.45) is 10.4. The van der Waals surface area contributed by atoms with Crippen molar-refractivity contribution in [2.45, 2.75) is 26.7 Å². The zero-order valence-corrected chi connectivity index (χ0v) is 14.5. The molecule has 0 N–H and O–H groups in total. The lowest BCUT2D eigenvalue weighted by molar-refractivity contribution is 0.107. The van der Waals surface area contributed by atoms with E-state index < -0.39 is 5.24 Å². The van der Waals surface area contributed by atoms with Crippen LogP contribution in [-0.2, 0) is 0 Å². The van der Waals surface area contributed by atoms with E-state index in [0.29, 0.717) is 5.69 Å². The van der Waals surface area contributed by atoms with Gasteiger partial charge in [-0.2, -0.15) is 5.10 Å². The van der Waals surface area contributed by atoms with Gasteiger partial charge in [0, 0.05) is 5.56 Å². The van der Waals surface area contributed by atoms with Gasteiger partial charge in [-0.3, -0.25) is 4.79 Å². The molecular weight excluding hydrogens is 320 g/mol. The number of aromatic nitrogens is 2.